The van der Waals surface area contributed by atoms with Gasteiger partial charge in [-0.1, -0.05) is 30.3 Å². The molecule has 0 radical (unpaired) electrons. The van der Waals surface area contributed by atoms with Crippen LogP contribution in [0.15, 0.2) is 48.5 Å². The number of hydrogen-bond donors (Lipinski definition) is 4. The zero-order valence-corrected chi connectivity index (χ0v) is 15.1. The molecule has 8 nitrogen and oxygen atoms in total. The van der Waals surface area contributed by atoms with E-state index in [9.17, 15) is 25.2 Å². The second-order valence-corrected chi connectivity index (χ2v) is 6.43. The van der Waals surface area contributed by atoms with Gasteiger partial charge in [0.1, 0.15) is 35.9 Å². The predicted molar refractivity (Wildman–Crippen MR) is 97.6 cm³/mol. The number of hydrogen-bond acceptors (Lipinski definition) is 8. The number of ether oxygens (including phenoxy) is 3. The largest absolute Gasteiger partial charge is 0.461 e. The van der Waals surface area contributed by atoms with Gasteiger partial charge in [0.2, 0.25) is 6.29 Å². The fourth-order valence-corrected chi connectivity index (χ4v) is 2.97. The van der Waals surface area contributed by atoms with Crippen molar-refractivity contribution in [2.24, 2.45) is 0 Å². The number of aliphatic hydroxyl groups is 4. The summed E-state index contributed by atoms with van der Waals surface area (Å²) in [6, 6.07) is 13.8. The second kappa shape index (κ2) is 8.68. The minimum Gasteiger partial charge on any atom is -0.461 e. The number of esters is 1. The van der Waals surface area contributed by atoms with Gasteiger partial charge in [0, 0.05) is 12.5 Å². The van der Waals surface area contributed by atoms with E-state index < -0.39 is 43.3 Å². The quantitative estimate of drug-likeness (QED) is 0.429. The Balaban J connectivity index is 1.83. The van der Waals surface area contributed by atoms with Gasteiger partial charge in [0.15, 0.2) is 0 Å². The summed E-state index contributed by atoms with van der Waals surface area (Å²) in [4.78, 5) is 11.0. The highest BCUT2D eigenvalue weighted by Gasteiger charge is 2.44. The standard InChI is InChI=1S/C20H22O8/c1-11(22)26-13-8-6-12(7-9-13)14-4-2-3-5-15(14)27-20-19(25)18(24)17(23)16(10-21)28-20/h2-9,16-21,23-25H,10H2,1H3/t16-,17-,18+,19+,20-/m1/s1. The number of carbonyl (C=O) groups is 1. The van der Waals surface area contributed by atoms with Gasteiger partial charge in [-0.2, -0.15) is 0 Å². The fraction of sp³-hybridized carbons (Fsp3) is 0.350. The molecule has 150 valence electrons. The van der Waals surface area contributed by atoms with Crippen LogP contribution in [0, 0.1) is 0 Å². The van der Waals surface area contributed by atoms with Gasteiger partial charge in [0.25, 0.3) is 0 Å². The molecule has 1 heterocycles. The van der Waals surface area contributed by atoms with E-state index in [1.54, 1.807) is 48.5 Å². The minimum atomic E-state index is -1.52. The zero-order valence-electron chi connectivity index (χ0n) is 15.1. The third-order valence-corrected chi connectivity index (χ3v) is 4.41. The van der Waals surface area contributed by atoms with Crippen LogP contribution in [-0.2, 0) is 9.53 Å². The minimum absolute atomic E-state index is 0.368. The van der Waals surface area contributed by atoms with Crippen LogP contribution in [0.25, 0.3) is 11.1 Å². The number of benzene rings is 2. The molecule has 0 spiro atoms. The van der Waals surface area contributed by atoms with E-state index in [1.807, 2.05) is 0 Å². The molecule has 5 atom stereocenters. The average molecular weight is 390 g/mol. The first-order chi connectivity index (χ1) is 13.4. The summed E-state index contributed by atoms with van der Waals surface area (Å²) < 4.78 is 16.2. The molecule has 3 rings (SSSR count). The number of para-hydroxylation sites is 1. The molecular formula is C20H22O8. The van der Waals surface area contributed by atoms with E-state index in [4.69, 9.17) is 14.2 Å². The molecular weight excluding hydrogens is 368 g/mol. The predicted octanol–water partition coefficient (Wildman–Crippen LogP) is 0.458. The third-order valence-electron chi connectivity index (χ3n) is 4.41. The number of aliphatic hydroxyl groups excluding tert-OH is 4. The Hall–Kier alpha value is -2.49. The van der Waals surface area contributed by atoms with Crippen LogP contribution >= 0.6 is 0 Å². The summed E-state index contributed by atoms with van der Waals surface area (Å²) in [5.41, 5.74) is 1.44. The highest BCUT2D eigenvalue weighted by molar-refractivity contribution is 5.72. The van der Waals surface area contributed by atoms with Crippen molar-refractivity contribution in [2.45, 2.75) is 37.6 Å². The van der Waals surface area contributed by atoms with Gasteiger partial charge < -0.3 is 34.6 Å². The molecule has 0 amide bonds. The van der Waals surface area contributed by atoms with E-state index in [-0.39, 0.29) is 0 Å². The SMILES string of the molecule is CC(=O)Oc1ccc(-c2ccccc2O[C@@H]2O[C@H](CO)[C@@H](O)[C@H](O)[C@@H]2O)cc1. The molecule has 0 saturated carbocycles. The van der Waals surface area contributed by atoms with E-state index in [1.165, 1.54) is 6.92 Å². The molecule has 0 aliphatic carbocycles. The van der Waals surface area contributed by atoms with Crippen molar-refractivity contribution in [3.05, 3.63) is 48.5 Å². The van der Waals surface area contributed by atoms with Crippen LogP contribution in [0.2, 0.25) is 0 Å². The molecule has 1 fully saturated rings. The summed E-state index contributed by atoms with van der Waals surface area (Å²) in [6.45, 7) is 0.779. The molecule has 8 heteroatoms. The van der Waals surface area contributed by atoms with E-state index in [2.05, 4.69) is 0 Å². The lowest BCUT2D eigenvalue weighted by atomic mass is 9.99. The number of carbonyl (C=O) groups excluding carboxylic acids is 1. The van der Waals surface area contributed by atoms with E-state index >= 15 is 0 Å². The van der Waals surface area contributed by atoms with Crippen molar-refractivity contribution in [3.63, 3.8) is 0 Å². The molecule has 1 saturated heterocycles. The first-order valence-electron chi connectivity index (χ1n) is 8.75. The molecule has 0 unspecified atom stereocenters. The Bertz CT molecular complexity index is 804. The summed E-state index contributed by atoms with van der Waals surface area (Å²) in [6.07, 6.45) is -6.82. The van der Waals surface area contributed by atoms with Gasteiger partial charge in [-0.05, 0) is 23.8 Å². The maximum Gasteiger partial charge on any atom is 0.308 e. The average Bonchev–Trinajstić information content (AvgIpc) is 2.69. The summed E-state index contributed by atoms with van der Waals surface area (Å²) in [5, 5.41) is 39.3. The van der Waals surface area contributed by atoms with Crippen LogP contribution in [0.5, 0.6) is 11.5 Å². The van der Waals surface area contributed by atoms with Crippen LogP contribution in [0.1, 0.15) is 6.92 Å². The zero-order chi connectivity index (χ0) is 20.3. The fourth-order valence-electron chi connectivity index (χ4n) is 2.97. The van der Waals surface area contributed by atoms with Gasteiger partial charge in [-0.15, -0.1) is 0 Å². The Morgan fingerprint density at radius 2 is 1.68 bits per heavy atom. The normalized spacial score (nSPS) is 27.2. The second-order valence-electron chi connectivity index (χ2n) is 6.43. The van der Waals surface area contributed by atoms with Crippen molar-refractivity contribution in [1.82, 2.24) is 0 Å². The topological polar surface area (TPSA) is 126 Å². The van der Waals surface area contributed by atoms with Crippen LogP contribution in [-0.4, -0.2) is 63.7 Å². The maximum absolute atomic E-state index is 11.0. The maximum atomic E-state index is 11.0. The third kappa shape index (κ3) is 4.32. The Morgan fingerprint density at radius 3 is 2.32 bits per heavy atom. The summed E-state index contributed by atoms with van der Waals surface area (Å²) >= 11 is 0. The Morgan fingerprint density at radius 1 is 1.00 bits per heavy atom. The molecule has 0 bridgehead atoms. The first kappa shape index (κ1) is 20.2. The molecule has 1 aliphatic rings. The van der Waals surface area contributed by atoms with Crippen LogP contribution < -0.4 is 9.47 Å². The van der Waals surface area contributed by atoms with Crippen LogP contribution in [0.4, 0.5) is 0 Å². The van der Waals surface area contributed by atoms with E-state index in [0.29, 0.717) is 17.1 Å². The highest BCUT2D eigenvalue weighted by Crippen LogP contribution is 2.33. The Labute approximate surface area is 161 Å². The lowest BCUT2D eigenvalue weighted by Crippen LogP contribution is -2.60. The van der Waals surface area contributed by atoms with Gasteiger partial charge in [-0.3, -0.25) is 4.79 Å². The van der Waals surface area contributed by atoms with Crippen LogP contribution in [0.3, 0.4) is 0 Å². The number of rotatable bonds is 5. The van der Waals surface area contributed by atoms with Gasteiger partial charge >= 0.3 is 5.97 Å². The van der Waals surface area contributed by atoms with Crippen molar-refractivity contribution < 1.29 is 39.4 Å². The van der Waals surface area contributed by atoms with Crippen molar-refractivity contribution in [2.75, 3.05) is 6.61 Å². The van der Waals surface area contributed by atoms with Gasteiger partial charge in [-0.25, -0.2) is 0 Å². The molecule has 1 aliphatic heterocycles. The molecule has 2 aromatic rings. The van der Waals surface area contributed by atoms with Crippen molar-refractivity contribution >= 4 is 5.97 Å². The van der Waals surface area contributed by atoms with Gasteiger partial charge in [0.05, 0.1) is 6.61 Å². The summed E-state index contributed by atoms with van der Waals surface area (Å²) in [5.74, 6) is 0.356. The van der Waals surface area contributed by atoms with E-state index in [0.717, 1.165) is 5.56 Å². The smallest absolute Gasteiger partial charge is 0.308 e. The monoisotopic (exact) mass is 390 g/mol. The Kier molecular flexibility index (Phi) is 6.28. The first-order valence-corrected chi connectivity index (χ1v) is 8.75. The highest BCUT2D eigenvalue weighted by atomic mass is 16.7. The summed E-state index contributed by atoms with van der Waals surface area (Å²) in [7, 11) is 0. The lowest BCUT2D eigenvalue weighted by Gasteiger charge is -2.39. The van der Waals surface area contributed by atoms with Crippen molar-refractivity contribution in [1.29, 1.82) is 0 Å². The molecule has 0 aromatic heterocycles. The van der Waals surface area contributed by atoms with Crippen molar-refractivity contribution in [3.8, 4) is 22.6 Å². The molecule has 4 N–H and O–H groups in total. The molecule has 28 heavy (non-hydrogen) atoms. The lowest BCUT2D eigenvalue weighted by molar-refractivity contribution is -0.277. The molecule has 2 aromatic carbocycles.